The number of rotatable bonds is 6. The number of carbonyl (C=O) groups is 1. The molecule has 184 valence electrons. The second-order valence-corrected chi connectivity index (χ2v) is 12.6. The van der Waals surface area contributed by atoms with E-state index in [-0.39, 0.29) is 39.8 Å². The maximum absolute atomic E-state index is 13.6. The average Bonchev–Trinajstić information content (AvgIpc) is 3.39. The minimum atomic E-state index is -3.75. The summed E-state index contributed by atoms with van der Waals surface area (Å²) < 4.78 is 39.7. The fourth-order valence-corrected chi connectivity index (χ4v) is 7.65. The lowest BCUT2D eigenvalue weighted by Gasteiger charge is -2.39. The first-order valence-electron chi connectivity index (χ1n) is 11.7. The highest BCUT2D eigenvalue weighted by Crippen LogP contribution is 2.53. The van der Waals surface area contributed by atoms with Gasteiger partial charge in [0.2, 0.25) is 15.9 Å². The van der Waals surface area contributed by atoms with Gasteiger partial charge in [-0.2, -0.15) is 4.31 Å². The van der Waals surface area contributed by atoms with Gasteiger partial charge in [-0.15, -0.1) is 10.2 Å². The Morgan fingerprint density at radius 1 is 1.09 bits per heavy atom. The van der Waals surface area contributed by atoms with Gasteiger partial charge in [-0.1, -0.05) is 45.0 Å². The van der Waals surface area contributed by atoms with Gasteiger partial charge in [0, 0.05) is 18.2 Å². The smallest absolute Gasteiger partial charge is 0.338 e. The lowest BCUT2D eigenvalue weighted by molar-refractivity contribution is 0.0438. The molecule has 0 N–H and O–H groups in total. The van der Waals surface area contributed by atoms with E-state index in [2.05, 4.69) is 31.0 Å². The van der Waals surface area contributed by atoms with Crippen LogP contribution in [0, 0.1) is 10.8 Å². The summed E-state index contributed by atoms with van der Waals surface area (Å²) in [5.74, 6) is -0.173. The zero-order valence-electron chi connectivity index (χ0n) is 20.1. The van der Waals surface area contributed by atoms with Gasteiger partial charge in [-0.05, 0) is 60.4 Å². The van der Waals surface area contributed by atoms with Crippen LogP contribution >= 0.6 is 0 Å². The standard InChI is InChI=1S/C26H29N3O5S/c1-25(2)13-20-14-26(3,16-25)17-29(20)35(31,32)21-11-7-10-19(12-21)24(30)33-15-22-27-28-23(34-22)18-8-5-4-6-9-18/h4-12,20H,13-17H2,1-3H3. The highest BCUT2D eigenvalue weighted by molar-refractivity contribution is 7.89. The molecule has 1 aliphatic carbocycles. The summed E-state index contributed by atoms with van der Waals surface area (Å²) in [6.45, 7) is 6.87. The number of sulfonamides is 1. The fourth-order valence-electron chi connectivity index (χ4n) is 5.83. The van der Waals surface area contributed by atoms with Crippen molar-refractivity contribution in [1.29, 1.82) is 0 Å². The Bertz CT molecular complexity index is 1350. The maximum Gasteiger partial charge on any atom is 0.338 e. The van der Waals surface area contributed by atoms with E-state index in [0.717, 1.165) is 24.8 Å². The summed E-state index contributed by atoms with van der Waals surface area (Å²) in [6.07, 6.45) is 2.70. The first-order valence-corrected chi connectivity index (χ1v) is 13.2. The summed E-state index contributed by atoms with van der Waals surface area (Å²) in [5, 5.41) is 7.90. The highest BCUT2D eigenvalue weighted by Gasteiger charge is 2.53. The van der Waals surface area contributed by atoms with Crippen LogP contribution in [0.1, 0.15) is 56.3 Å². The van der Waals surface area contributed by atoms with Crippen molar-refractivity contribution >= 4 is 16.0 Å². The van der Waals surface area contributed by atoms with Gasteiger partial charge in [-0.25, -0.2) is 13.2 Å². The van der Waals surface area contributed by atoms with E-state index in [0.29, 0.717) is 12.4 Å². The predicted octanol–water partition coefficient (Wildman–Crippen LogP) is 4.68. The van der Waals surface area contributed by atoms with Gasteiger partial charge in [0.15, 0.2) is 6.61 Å². The summed E-state index contributed by atoms with van der Waals surface area (Å²) in [4.78, 5) is 12.8. The van der Waals surface area contributed by atoms with Crippen LogP contribution in [0.5, 0.6) is 0 Å². The normalized spacial score (nSPS) is 23.8. The van der Waals surface area contributed by atoms with E-state index >= 15 is 0 Å². The molecule has 8 nitrogen and oxygen atoms in total. The van der Waals surface area contributed by atoms with Crippen molar-refractivity contribution in [2.75, 3.05) is 6.54 Å². The molecule has 2 aliphatic rings. The first kappa shape index (κ1) is 23.7. The number of ether oxygens (including phenoxy) is 1. The van der Waals surface area contributed by atoms with Crippen molar-refractivity contribution in [3.05, 3.63) is 66.1 Å². The third kappa shape index (κ3) is 4.75. The Morgan fingerprint density at radius 3 is 2.63 bits per heavy atom. The van der Waals surface area contributed by atoms with Crippen molar-refractivity contribution in [2.24, 2.45) is 10.8 Å². The molecule has 1 aliphatic heterocycles. The number of fused-ring (bicyclic) bond motifs is 2. The molecule has 2 fully saturated rings. The predicted molar refractivity (Wildman–Crippen MR) is 129 cm³/mol. The second kappa shape index (κ2) is 8.57. The summed E-state index contributed by atoms with van der Waals surface area (Å²) >= 11 is 0. The lowest BCUT2D eigenvalue weighted by atomic mass is 9.65. The van der Waals surface area contributed by atoms with Crippen LogP contribution in [0.2, 0.25) is 0 Å². The topological polar surface area (TPSA) is 103 Å². The van der Waals surface area contributed by atoms with Crippen LogP contribution in [-0.4, -0.2) is 41.5 Å². The molecule has 2 unspecified atom stereocenters. The lowest BCUT2D eigenvalue weighted by Crippen LogP contribution is -2.37. The molecule has 1 saturated carbocycles. The van der Waals surface area contributed by atoms with Gasteiger partial charge in [0.25, 0.3) is 5.89 Å². The Balaban J connectivity index is 1.29. The largest absolute Gasteiger partial charge is 0.452 e. The summed E-state index contributed by atoms with van der Waals surface area (Å²) in [5.41, 5.74) is 0.989. The molecule has 0 spiro atoms. The van der Waals surface area contributed by atoms with E-state index in [4.69, 9.17) is 9.15 Å². The molecule has 3 aromatic rings. The van der Waals surface area contributed by atoms with Gasteiger partial charge < -0.3 is 9.15 Å². The molecule has 2 atom stereocenters. The molecular formula is C26H29N3O5S. The molecule has 2 heterocycles. The van der Waals surface area contributed by atoms with Crippen molar-refractivity contribution in [1.82, 2.24) is 14.5 Å². The van der Waals surface area contributed by atoms with E-state index < -0.39 is 16.0 Å². The number of aromatic nitrogens is 2. The fraction of sp³-hybridized carbons (Fsp3) is 0.423. The number of esters is 1. The molecule has 0 radical (unpaired) electrons. The van der Waals surface area contributed by atoms with Crippen molar-refractivity contribution in [3.8, 4) is 11.5 Å². The van der Waals surface area contributed by atoms with E-state index in [9.17, 15) is 13.2 Å². The van der Waals surface area contributed by atoms with Gasteiger partial charge in [0.1, 0.15) is 0 Å². The second-order valence-electron chi connectivity index (χ2n) is 10.7. The summed E-state index contributed by atoms with van der Waals surface area (Å²) in [7, 11) is -3.75. The van der Waals surface area contributed by atoms with Crippen LogP contribution in [0.25, 0.3) is 11.5 Å². The molecule has 2 aromatic carbocycles. The minimum absolute atomic E-state index is 0.0271. The van der Waals surface area contributed by atoms with Crippen LogP contribution < -0.4 is 0 Å². The third-order valence-corrected chi connectivity index (χ3v) is 8.75. The number of nitrogens with zero attached hydrogens (tertiary/aromatic N) is 3. The van der Waals surface area contributed by atoms with E-state index in [1.54, 1.807) is 10.4 Å². The van der Waals surface area contributed by atoms with Gasteiger partial charge in [0.05, 0.1) is 10.5 Å². The van der Waals surface area contributed by atoms with Crippen LogP contribution in [0.4, 0.5) is 0 Å². The number of benzene rings is 2. The van der Waals surface area contributed by atoms with Crippen molar-refractivity contribution in [2.45, 2.75) is 57.6 Å². The SMILES string of the molecule is CC1(C)CC2CC(C)(CN2S(=O)(=O)c2cccc(C(=O)OCc3nnc(-c4ccccc4)o3)c2)C1. The molecular weight excluding hydrogens is 466 g/mol. The molecule has 35 heavy (non-hydrogen) atoms. The zero-order valence-corrected chi connectivity index (χ0v) is 20.9. The Labute approximate surface area is 205 Å². The van der Waals surface area contributed by atoms with Crippen LogP contribution in [0.15, 0.2) is 63.9 Å². The quantitative estimate of drug-likeness (QED) is 0.457. The van der Waals surface area contributed by atoms with Crippen molar-refractivity contribution < 1.29 is 22.4 Å². The average molecular weight is 496 g/mol. The summed E-state index contributed by atoms with van der Waals surface area (Å²) in [6, 6.07) is 15.3. The molecule has 0 amide bonds. The van der Waals surface area contributed by atoms with Crippen molar-refractivity contribution in [3.63, 3.8) is 0 Å². The maximum atomic E-state index is 13.6. The first-order chi connectivity index (χ1) is 16.5. The Kier molecular flexibility index (Phi) is 5.80. The van der Waals surface area contributed by atoms with Gasteiger partial charge >= 0.3 is 5.97 Å². The molecule has 1 saturated heterocycles. The monoisotopic (exact) mass is 495 g/mol. The number of carbonyl (C=O) groups excluding carboxylic acids is 1. The third-order valence-electron chi connectivity index (χ3n) is 6.86. The number of hydrogen-bond acceptors (Lipinski definition) is 7. The Hall–Kier alpha value is -3.04. The molecule has 9 heteroatoms. The molecule has 2 bridgehead atoms. The van der Waals surface area contributed by atoms with Gasteiger partial charge in [-0.3, -0.25) is 0 Å². The number of hydrogen-bond donors (Lipinski definition) is 0. The Morgan fingerprint density at radius 2 is 1.86 bits per heavy atom. The van der Waals surface area contributed by atoms with E-state index in [1.807, 2.05) is 30.3 Å². The van der Waals surface area contributed by atoms with Crippen LogP contribution in [0.3, 0.4) is 0 Å². The van der Waals surface area contributed by atoms with E-state index in [1.165, 1.54) is 18.2 Å². The molecule has 5 rings (SSSR count). The van der Waals surface area contributed by atoms with Crippen LogP contribution in [-0.2, 0) is 21.4 Å². The minimum Gasteiger partial charge on any atom is -0.452 e. The highest BCUT2D eigenvalue weighted by atomic mass is 32.2. The zero-order chi connectivity index (χ0) is 24.8. The molecule has 1 aromatic heterocycles.